The van der Waals surface area contributed by atoms with E-state index in [2.05, 4.69) is 57.0 Å². The van der Waals surface area contributed by atoms with Crippen molar-refractivity contribution in [3.8, 4) is 22.9 Å². The van der Waals surface area contributed by atoms with Gasteiger partial charge < -0.3 is 24.0 Å². The smallest absolute Gasteiger partial charge is 0.170 e. The topological polar surface area (TPSA) is 94.6 Å². The lowest BCUT2D eigenvalue weighted by Crippen LogP contribution is -2.69. The first kappa shape index (κ1) is 27.6. The number of anilines is 1. The zero-order chi connectivity index (χ0) is 28.7. The fourth-order valence-electron chi connectivity index (χ4n) is 6.96. The number of aromatic nitrogens is 3. The van der Waals surface area contributed by atoms with Gasteiger partial charge in [0.2, 0.25) is 0 Å². The minimum atomic E-state index is -0.361. The van der Waals surface area contributed by atoms with Gasteiger partial charge in [0, 0.05) is 88.1 Å². The first-order valence-electron chi connectivity index (χ1n) is 15.2. The largest absolute Gasteiger partial charge is 0.491 e. The highest BCUT2D eigenvalue weighted by molar-refractivity contribution is 5.85. The minimum Gasteiger partial charge on any atom is -0.491 e. The second kappa shape index (κ2) is 11.4. The molecule has 2 bridgehead atoms. The van der Waals surface area contributed by atoms with Gasteiger partial charge in [-0.05, 0) is 38.7 Å². The summed E-state index contributed by atoms with van der Waals surface area (Å²) in [5.74, 6) is 1.37. The Bertz CT molecular complexity index is 1420. The number of likely N-dealkylation sites (N-methyl/N-ethyl adjacent to an activating group) is 1. The van der Waals surface area contributed by atoms with Crippen LogP contribution < -0.4 is 9.64 Å². The van der Waals surface area contributed by atoms with Crippen LogP contribution in [0.15, 0.2) is 36.8 Å². The molecule has 3 aromatic heterocycles. The number of hydrogen-bond donors (Lipinski definition) is 0. The van der Waals surface area contributed by atoms with Gasteiger partial charge in [-0.1, -0.05) is 0 Å². The summed E-state index contributed by atoms with van der Waals surface area (Å²) in [6.45, 7) is 8.91. The van der Waals surface area contributed by atoms with E-state index in [-0.39, 0.29) is 5.79 Å². The summed E-state index contributed by atoms with van der Waals surface area (Å²) >= 11 is 0. The first-order valence-corrected chi connectivity index (χ1v) is 15.2. The zero-order valence-electron chi connectivity index (χ0n) is 24.6. The van der Waals surface area contributed by atoms with Crippen LogP contribution in [0.2, 0.25) is 0 Å². The highest BCUT2D eigenvalue weighted by Gasteiger charge is 2.44. The van der Waals surface area contributed by atoms with Gasteiger partial charge in [0.1, 0.15) is 24.2 Å². The Morgan fingerprint density at radius 1 is 1.10 bits per heavy atom. The van der Waals surface area contributed by atoms with E-state index in [1.165, 1.54) is 6.42 Å². The van der Waals surface area contributed by atoms with Crippen molar-refractivity contribution in [3.05, 3.63) is 42.4 Å². The van der Waals surface area contributed by atoms with Crippen molar-refractivity contribution in [2.24, 2.45) is 0 Å². The Labute approximate surface area is 247 Å². The van der Waals surface area contributed by atoms with Gasteiger partial charge >= 0.3 is 0 Å². The van der Waals surface area contributed by atoms with E-state index in [0.29, 0.717) is 37.5 Å². The van der Waals surface area contributed by atoms with Gasteiger partial charge in [-0.2, -0.15) is 10.4 Å². The number of nitrogens with zero attached hydrogens (tertiary/aromatic N) is 8. The van der Waals surface area contributed by atoms with Crippen molar-refractivity contribution in [3.63, 3.8) is 0 Å². The van der Waals surface area contributed by atoms with E-state index >= 15 is 0 Å². The molecule has 2 atom stereocenters. The van der Waals surface area contributed by atoms with Crippen molar-refractivity contribution < 1.29 is 14.2 Å². The molecular weight excluding hydrogens is 532 g/mol. The van der Waals surface area contributed by atoms with Gasteiger partial charge in [0.15, 0.2) is 5.79 Å². The van der Waals surface area contributed by atoms with E-state index in [1.807, 2.05) is 18.5 Å². The molecular formula is C31H40N8O3. The molecule has 5 fully saturated rings. The third kappa shape index (κ3) is 5.34. The maximum atomic E-state index is 9.77. The molecule has 5 aliphatic heterocycles. The minimum absolute atomic E-state index is 0.361. The number of likely N-dealkylation sites (tertiary alicyclic amines) is 1. The van der Waals surface area contributed by atoms with E-state index in [4.69, 9.17) is 19.2 Å². The number of pyridine rings is 2. The summed E-state index contributed by atoms with van der Waals surface area (Å²) < 4.78 is 19.7. The van der Waals surface area contributed by atoms with E-state index < -0.39 is 0 Å². The predicted octanol–water partition coefficient (Wildman–Crippen LogP) is 2.31. The number of piperazine rings is 1. The molecule has 5 saturated heterocycles. The van der Waals surface area contributed by atoms with Crippen LogP contribution >= 0.6 is 0 Å². The third-order valence-corrected chi connectivity index (χ3v) is 9.35. The van der Waals surface area contributed by atoms with Crippen molar-refractivity contribution in [2.75, 3.05) is 84.6 Å². The van der Waals surface area contributed by atoms with Crippen LogP contribution in [0.1, 0.15) is 24.8 Å². The number of rotatable bonds is 9. The Balaban J connectivity index is 1.02. The highest BCUT2D eigenvalue weighted by Crippen LogP contribution is 2.36. The Hall–Kier alpha value is -3.27. The van der Waals surface area contributed by atoms with Gasteiger partial charge in [-0.3, -0.25) is 9.80 Å². The van der Waals surface area contributed by atoms with Gasteiger partial charge in [-0.15, -0.1) is 0 Å². The number of fused-ring (bicyclic) bond motifs is 3. The average molecular weight is 573 g/mol. The van der Waals surface area contributed by atoms with E-state index in [0.717, 1.165) is 86.9 Å². The van der Waals surface area contributed by atoms with Crippen LogP contribution in [-0.2, 0) is 9.47 Å². The third-order valence-electron chi connectivity index (χ3n) is 9.35. The van der Waals surface area contributed by atoms with Crippen LogP contribution in [-0.4, -0.2) is 127 Å². The Kier molecular flexibility index (Phi) is 7.50. The second-order valence-corrected chi connectivity index (χ2v) is 12.2. The highest BCUT2D eigenvalue weighted by atomic mass is 16.7. The molecule has 1 spiro atoms. The molecule has 0 aliphatic carbocycles. The maximum Gasteiger partial charge on any atom is 0.170 e. The standard InChI is InChI=1S/C31H40N8O3/c1-35(2)9-10-38-25-15-26(38)21-37(20-25)29-4-3-23(18-33-29)28-16-27(22-39-30(28)24(17-32)19-34-39)40-12-11-36-7-5-31(6-8-36)41-13-14-42-31/h3-4,16,18-19,22,25-26H,5-15,20-21H2,1-2H3. The monoisotopic (exact) mass is 572 g/mol. The van der Waals surface area contributed by atoms with Crippen LogP contribution in [0.3, 0.4) is 0 Å². The normalized spacial score (nSPS) is 23.9. The van der Waals surface area contributed by atoms with Crippen LogP contribution in [0.5, 0.6) is 5.75 Å². The van der Waals surface area contributed by atoms with Crippen molar-refractivity contribution in [1.82, 2.24) is 29.3 Å². The first-order chi connectivity index (χ1) is 20.5. The number of piperidine rings is 2. The number of hydrogen-bond acceptors (Lipinski definition) is 10. The fourth-order valence-corrected chi connectivity index (χ4v) is 6.96. The lowest BCUT2D eigenvalue weighted by molar-refractivity contribution is -0.185. The zero-order valence-corrected chi connectivity index (χ0v) is 24.6. The summed E-state index contributed by atoms with van der Waals surface area (Å²) in [7, 11) is 4.28. The van der Waals surface area contributed by atoms with Gasteiger partial charge in [0.25, 0.3) is 0 Å². The Morgan fingerprint density at radius 3 is 2.57 bits per heavy atom. The molecule has 0 N–H and O–H groups in total. The molecule has 0 saturated carbocycles. The summed E-state index contributed by atoms with van der Waals surface area (Å²) in [5.41, 5.74) is 3.15. The average Bonchev–Trinajstić information content (AvgIpc) is 3.65. The quantitative estimate of drug-likeness (QED) is 0.380. The molecule has 5 aliphatic rings. The lowest BCUT2D eigenvalue weighted by Gasteiger charge is -2.57. The van der Waals surface area contributed by atoms with Gasteiger partial charge in [0.05, 0.1) is 36.7 Å². The molecule has 0 amide bonds. The summed E-state index contributed by atoms with van der Waals surface area (Å²) in [4.78, 5) is 14.6. The second-order valence-electron chi connectivity index (χ2n) is 12.2. The maximum absolute atomic E-state index is 9.77. The molecule has 222 valence electrons. The van der Waals surface area contributed by atoms with Crippen molar-refractivity contribution >= 4 is 11.3 Å². The molecule has 11 heteroatoms. The Morgan fingerprint density at radius 2 is 1.88 bits per heavy atom. The van der Waals surface area contributed by atoms with Gasteiger partial charge in [-0.25, -0.2) is 9.50 Å². The number of nitriles is 1. The van der Waals surface area contributed by atoms with Crippen molar-refractivity contribution in [1.29, 1.82) is 5.26 Å². The van der Waals surface area contributed by atoms with Crippen LogP contribution in [0.4, 0.5) is 5.82 Å². The molecule has 3 aromatic rings. The van der Waals surface area contributed by atoms with Crippen molar-refractivity contribution in [2.45, 2.75) is 37.1 Å². The SMILES string of the molecule is CN(C)CCN1C2CC1CN(c1ccc(-c3cc(OCCN4CCC5(CC4)OCCO5)cn4ncc(C#N)c34)cn1)C2. The molecule has 0 radical (unpaired) electrons. The molecule has 8 heterocycles. The summed E-state index contributed by atoms with van der Waals surface area (Å²) in [6, 6.07) is 9.74. The van der Waals surface area contributed by atoms with Crippen LogP contribution in [0.25, 0.3) is 16.6 Å². The van der Waals surface area contributed by atoms with E-state index in [1.54, 1.807) is 10.7 Å². The molecule has 42 heavy (non-hydrogen) atoms. The molecule has 11 nitrogen and oxygen atoms in total. The summed E-state index contributed by atoms with van der Waals surface area (Å²) in [5, 5.41) is 14.2. The molecule has 0 aromatic carbocycles. The van der Waals surface area contributed by atoms with Crippen LogP contribution in [0, 0.1) is 11.3 Å². The number of ether oxygens (including phenoxy) is 3. The lowest BCUT2D eigenvalue weighted by atomic mass is 9.87. The molecule has 8 rings (SSSR count). The molecule has 2 unspecified atom stereocenters. The summed E-state index contributed by atoms with van der Waals surface area (Å²) in [6.07, 6.45) is 8.46. The fraction of sp³-hybridized carbons (Fsp3) is 0.581. The van der Waals surface area contributed by atoms with E-state index in [9.17, 15) is 5.26 Å². The predicted molar refractivity (Wildman–Crippen MR) is 159 cm³/mol.